The SMILES string of the molecule is CC(C)C(CN)Nc1cc(Cl)ccc1[N+](=O)[O-]. The Kier molecular flexibility index (Phi) is 4.72. The van der Waals surface area contributed by atoms with Crippen molar-refractivity contribution < 1.29 is 4.92 Å². The van der Waals surface area contributed by atoms with Gasteiger partial charge in [0.1, 0.15) is 5.69 Å². The normalized spacial score (nSPS) is 12.5. The van der Waals surface area contributed by atoms with Crippen molar-refractivity contribution in [2.24, 2.45) is 11.7 Å². The number of nitro groups is 1. The first-order valence-corrected chi connectivity index (χ1v) is 5.74. The first-order valence-electron chi connectivity index (χ1n) is 5.36. The quantitative estimate of drug-likeness (QED) is 0.628. The van der Waals surface area contributed by atoms with E-state index in [1.54, 1.807) is 6.07 Å². The van der Waals surface area contributed by atoms with Crippen LogP contribution in [0, 0.1) is 16.0 Å². The Balaban J connectivity index is 3.03. The summed E-state index contributed by atoms with van der Waals surface area (Å²) in [4.78, 5) is 10.4. The zero-order valence-corrected chi connectivity index (χ0v) is 10.6. The first-order chi connectivity index (χ1) is 7.95. The van der Waals surface area contributed by atoms with E-state index < -0.39 is 4.92 Å². The minimum atomic E-state index is -0.438. The predicted molar refractivity (Wildman–Crippen MR) is 69.4 cm³/mol. The number of benzene rings is 1. The van der Waals surface area contributed by atoms with Gasteiger partial charge in [0.2, 0.25) is 0 Å². The highest BCUT2D eigenvalue weighted by atomic mass is 35.5. The summed E-state index contributed by atoms with van der Waals surface area (Å²) >= 11 is 5.83. The molecule has 1 atom stereocenters. The van der Waals surface area contributed by atoms with Gasteiger partial charge >= 0.3 is 0 Å². The number of nitrogens with two attached hydrogens (primary N) is 1. The third-order valence-corrected chi connectivity index (χ3v) is 2.79. The van der Waals surface area contributed by atoms with E-state index in [2.05, 4.69) is 5.32 Å². The van der Waals surface area contributed by atoms with Crippen LogP contribution in [0.4, 0.5) is 11.4 Å². The second-order valence-electron chi connectivity index (χ2n) is 4.15. The molecule has 0 aliphatic heterocycles. The van der Waals surface area contributed by atoms with Gasteiger partial charge in [0.15, 0.2) is 0 Å². The molecular weight excluding hydrogens is 242 g/mol. The van der Waals surface area contributed by atoms with E-state index >= 15 is 0 Å². The number of nitrogens with one attached hydrogen (secondary N) is 1. The van der Waals surface area contributed by atoms with E-state index in [-0.39, 0.29) is 17.6 Å². The number of hydrogen-bond acceptors (Lipinski definition) is 4. The zero-order chi connectivity index (χ0) is 13.0. The molecule has 0 aromatic heterocycles. The fourth-order valence-electron chi connectivity index (χ4n) is 1.48. The maximum Gasteiger partial charge on any atom is 0.292 e. The van der Waals surface area contributed by atoms with Gasteiger partial charge in [-0.25, -0.2) is 0 Å². The topological polar surface area (TPSA) is 81.2 Å². The van der Waals surface area contributed by atoms with Crippen LogP contribution in [-0.2, 0) is 0 Å². The molecule has 1 aromatic carbocycles. The van der Waals surface area contributed by atoms with E-state index in [0.29, 0.717) is 17.3 Å². The van der Waals surface area contributed by atoms with Gasteiger partial charge in [-0.1, -0.05) is 25.4 Å². The predicted octanol–water partition coefficient (Wildman–Crippen LogP) is 2.64. The van der Waals surface area contributed by atoms with Gasteiger partial charge in [0.05, 0.1) is 4.92 Å². The molecule has 0 heterocycles. The molecule has 17 heavy (non-hydrogen) atoms. The minimum absolute atomic E-state index is 0.00787. The molecule has 0 saturated heterocycles. The lowest BCUT2D eigenvalue weighted by Gasteiger charge is -2.21. The Morgan fingerprint density at radius 3 is 2.65 bits per heavy atom. The summed E-state index contributed by atoms with van der Waals surface area (Å²) in [5.74, 6) is 0.276. The lowest BCUT2D eigenvalue weighted by molar-refractivity contribution is -0.384. The van der Waals surface area contributed by atoms with Crippen molar-refractivity contribution >= 4 is 23.0 Å². The monoisotopic (exact) mass is 257 g/mol. The van der Waals surface area contributed by atoms with Crippen LogP contribution in [0.3, 0.4) is 0 Å². The number of rotatable bonds is 5. The summed E-state index contributed by atoms with van der Waals surface area (Å²) in [6, 6.07) is 4.41. The third-order valence-electron chi connectivity index (χ3n) is 2.55. The van der Waals surface area contributed by atoms with Crippen LogP contribution >= 0.6 is 11.6 Å². The number of halogens is 1. The molecule has 0 fully saturated rings. The van der Waals surface area contributed by atoms with Crippen molar-refractivity contribution in [1.82, 2.24) is 0 Å². The van der Waals surface area contributed by atoms with Crippen molar-refractivity contribution in [3.63, 3.8) is 0 Å². The Morgan fingerprint density at radius 1 is 1.53 bits per heavy atom. The lowest BCUT2D eigenvalue weighted by atomic mass is 10.0. The minimum Gasteiger partial charge on any atom is -0.375 e. The number of anilines is 1. The van der Waals surface area contributed by atoms with Crippen LogP contribution in [0.1, 0.15) is 13.8 Å². The van der Waals surface area contributed by atoms with Crippen LogP contribution in [0.15, 0.2) is 18.2 Å². The van der Waals surface area contributed by atoms with E-state index in [0.717, 1.165) is 0 Å². The maximum absolute atomic E-state index is 10.9. The van der Waals surface area contributed by atoms with Crippen LogP contribution in [0.2, 0.25) is 5.02 Å². The van der Waals surface area contributed by atoms with Gasteiger partial charge in [-0.15, -0.1) is 0 Å². The van der Waals surface area contributed by atoms with Crippen LogP contribution < -0.4 is 11.1 Å². The Labute approximate surface area is 105 Å². The average Bonchev–Trinajstić information content (AvgIpc) is 2.25. The molecule has 1 unspecified atom stereocenters. The highest BCUT2D eigenvalue weighted by Gasteiger charge is 2.18. The molecule has 0 bridgehead atoms. The number of nitro benzene ring substituents is 1. The van der Waals surface area contributed by atoms with Crippen molar-refractivity contribution in [2.45, 2.75) is 19.9 Å². The van der Waals surface area contributed by atoms with Crippen LogP contribution in [-0.4, -0.2) is 17.5 Å². The fourth-order valence-corrected chi connectivity index (χ4v) is 1.65. The Bertz CT molecular complexity index is 410. The Morgan fingerprint density at radius 2 is 2.18 bits per heavy atom. The van der Waals surface area contributed by atoms with Crippen molar-refractivity contribution in [1.29, 1.82) is 0 Å². The van der Waals surface area contributed by atoms with Crippen molar-refractivity contribution in [3.05, 3.63) is 33.3 Å². The molecule has 6 heteroatoms. The maximum atomic E-state index is 10.9. The number of nitrogens with zero attached hydrogens (tertiary/aromatic N) is 1. The van der Waals surface area contributed by atoms with Crippen molar-refractivity contribution in [2.75, 3.05) is 11.9 Å². The zero-order valence-electron chi connectivity index (χ0n) is 9.81. The molecule has 3 N–H and O–H groups in total. The molecule has 0 aliphatic carbocycles. The summed E-state index contributed by atoms with van der Waals surface area (Å²) in [5, 5.41) is 14.4. The summed E-state index contributed by atoms with van der Waals surface area (Å²) in [5.41, 5.74) is 6.04. The standard InChI is InChI=1S/C11H16ClN3O2/c1-7(2)10(6-13)14-9-5-8(12)3-4-11(9)15(16)17/h3-5,7,10,14H,6,13H2,1-2H3. The molecular formula is C11H16ClN3O2. The smallest absolute Gasteiger partial charge is 0.292 e. The Hall–Kier alpha value is -1.33. The van der Waals surface area contributed by atoms with Crippen LogP contribution in [0.5, 0.6) is 0 Å². The molecule has 0 amide bonds. The second-order valence-corrected chi connectivity index (χ2v) is 4.59. The van der Waals surface area contributed by atoms with Gasteiger partial charge < -0.3 is 11.1 Å². The van der Waals surface area contributed by atoms with E-state index in [1.165, 1.54) is 12.1 Å². The average molecular weight is 258 g/mol. The molecule has 1 aromatic rings. The largest absolute Gasteiger partial charge is 0.375 e. The summed E-state index contributed by atoms with van der Waals surface area (Å²) in [6.45, 7) is 4.41. The highest BCUT2D eigenvalue weighted by Crippen LogP contribution is 2.28. The molecule has 1 rings (SSSR count). The summed E-state index contributed by atoms with van der Waals surface area (Å²) in [6.07, 6.45) is 0. The van der Waals surface area contributed by atoms with Gasteiger partial charge in [0, 0.05) is 23.7 Å². The van der Waals surface area contributed by atoms with E-state index in [4.69, 9.17) is 17.3 Å². The lowest BCUT2D eigenvalue weighted by Crippen LogP contribution is -2.33. The van der Waals surface area contributed by atoms with E-state index in [9.17, 15) is 10.1 Å². The molecule has 0 saturated carbocycles. The molecule has 0 spiro atoms. The second kappa shape index (κ2) is 5.84. The summed E-state index contributed by atoms with van der Waals surface area (Å²) < 4.78 is 0. The third kappa shape index (κ3) is 3.57. The van der Waals surface area contributed by atoms with Crippen LogP contribution in [0.25, 0.3) is 0 Å². The molecule has 0 radical (unpaired) electrons. The fraction of sp³-hybridized carbons (Fsp3) is 0.455. The van der Waals surface area contributed by atoms with Gasteiger partial charge in [-0.05, 0) is 18.1 Å². The molecule has 0 aliphatic rings. The highest BCUT2D eigenvalue weighted by molar-refractivity contribution is 6.31. The van der Waals surface area contributed by atoms with Crippen molar-refractivity contribution in [3.8, 4) is 0 Å². The first kappa shape index (κ1) is 13.7. The summed E-state index contributed by atoms with van der Waals surface area (Å²) in [7, 11) is 0. The van der Waals surface area contributed by atoms with E-state index in [1.807, 2.05) is 13.8 Å². The van der Waals surface area contributed by atoms with Gasteiger partial charge in [-0.2, -0.15) is 0 Å². The number of hydrogen-bond donors (Lipinski definition) is 2. The van der Waals surface area contributed by atoms with Gasteiger partial charge in [0.25, 0.3) is 5.69 Å². The van der Waals surface area contributed by atoms with Gasteiger partial charge in [-0.3, -0.25) is 10.1 Å². The molecule has 94 valence electrons. The molecule has 5 nitrogen and oxygen atoms in total.